The molecule has 27 heavy (non-hydrogen) atoms. The predicted molar refractivity (Wildman–Crippen MR) is 122 cm³/mol. The lowest BCUT2D eigenvalue weighted by Crippen LogP contribution is -2.37. The molecule has 0 amide bonds. The average Bonchev–Trinajstić information content (AvgIpc) is 3.43. The number of hydrogen-bond acceptors (Lipinski definition) is 3. The summed E-state index contributed by atoms with van der Waals surface area (Å²) in [6.07, 6.45) is 6.73. The monoisotopic (exact) mass is 508 g/mol. The third-order valence-corrected chi connectivity index (χ3v) is 5.76. The SMILES string of the molecule is CCCCCCNC(=NCc1ccc(S(=O)(=O)NC2CC2)cc1)NCC.I. The molecule has 1 aromatic rings. The molecule has 1 aliphatic carbocycles. The van der Waals surface area contributed by atoms with Gasteiger partial charge in [0, 0.05) is 19.1 Å². The summed E-state index contributed by atoms with van der Waals surface area (Å²) in [6.45, 7) is 6.49. The molecular formula is C19H33IN4O2S. The Hall–Kier alpha value is -0.870. The second kappa shape index (κ2) is 12.6. The van der Waals surface area contributed by atoms with Crippen LogP contribution in [0.3, 0.4) is 0 Å². The minimum Gasteiger partial charge on any atom is -0.357 e. The molecule has 1 fully saturated rings. The van der Waals surface area contributed by atoms with Gasteiger partial charge in [0.05, 0.1) is 11.4 Å². The Morgan fingerprint density at radius 2 is 1.78 bits per heavy atom. The number of sulfonamides is 1. The van der Waals surface area contributed by atoms with Gasteiger partial charge in [0.1, 0.15) is 0 Å². The van der Waals surface area contributed by atoms with Gasteiger partial charge >= 0.3 is 0 Å². The van der Waals surface area contributed by atoms with Crippen molar-refractivity contribution < 1.29 is 8.42 Å². The lowest BCUT2D eigenvalue weighted by atomic mass is 10.2. The van der Waals surface area contributed by atoms with Crippen molar-refractivity contribution in [2.45, 2.75) is 69.9 Å². The highest BCUT2D eigenvalue weighted by molar-refractivity contribution is 14.0. The first kappa shape index (κ1) is 24.2. The fourth-order valence-corrected chi connectivity index (χ4v) is 3.84. The molecule has 0 bridgehead atoms. The third-order valence-electron chi connectivity index (χ3n) is 4.22. The van der Waals surface area contributed by atoms with Crippen molar-refractivity contribution in [3.05, 3.63) is 29.8 Å². The van der Waals surface area contributed by atoms with Crippen molar-refractivity contribution >= 4 is 40.0 Å². The van der Waals surface area contributed by atoms with E-state index < -0.39 is 10.0 Å². The van der Waals surface area contributed by atoms with Gasteiger partial charge in [-0.05, 0) is 43.9 Å². The molecule has 1 saturated carbocycles. The molecule has 0 saturated heterocycles. The molecule has 0 radical (unpaired) electrons. The van der Waals surface area contributed by atoms with Gasteiger partial charge in [-0.2, -0.15) is 0 Å². The Balaban J connectivity index is 0.00000364. The highest BCUT2D eigenvalue weighted by atomic mass is 127. The first-order valence-electron chi connectivity index (χ1n) is 9.68. The molecule has 8 heteroatoms. The van der Waals surface area contributed by atoms with Crippen molar-refractivity contribution in [1.29, 1.82) is 0 Å². The Morgan fingerprint density at radius 1 is 1.07 bits per heavy atom. The summed E-state index contributed by atoms with van der Waals surface area (Å²) in [7, 11) is -3.38. The summed E-state index contributed by atoms with van der Waals surface area (Å²) in [5.74, 6) is 0.802. The van der Waals surface area contributed by atoms with Gasteiger partial charge in [-0.25, -0.2) is 18.1 Å². The van der Waals surface area contributed by atoms with Crippen molar-refractivity contribution in [2.24, 2.45) is 4.99 Å². The zero-order chi connectivity index (χ0) is 18.8. The van der Waals surface area contributed by atoms with Crippen molar-refractivity contribution in [3.8, 4) is 0 Å². The number of nitrogens with zero attached hydrogens (tertiary/aromatic N) is 1. The van der Waals surface area contributed by atoms with Gasteiger partial charge in [0.2, 0.25) is 10.0 Å². The maximum absolute atomic E-state index is 12.2. The van der Waals surface area contributed by atoms with E-state index in [0.29, 0.717) is 11.4 Å². The lowest BCUT2D eigenvalue weighted by molar-refractivity contribution is 0.581. The average molecular weight is 508 g/mol. The molecule has 6 nitrogen and oxygen atoms in total. The van der Waals surface area contributed by atoms with E-state index in [0.717, 1.165) is 43.9 Å². The molecule has 3 N–H and O–H groups in total. The number of halogens is 1. The maximum atomic E-state index is 12.2. The molecule has 0 aromatic heterocycles. The van der Waals surface area contributed by atoms with Gasteiger partial charge in [0.15, 0.2) is 5.96 Å². The number of unbranched alkanes of at least 4 members (excludes halogenated alkanes) is 3. The molecule has 1 aliphatic rings. The fraction of sp³-hybridized carbons (Fsp3) is 0.632. The quantitative estimate of drug-likeness (QED) is 0.185. The van der Waals surface area contributed by atoms with E-state index in [4.69, 9.17) is 0 Å². The van der Waals surface area contributed by atoms with Gasteiger partial charge in [-0.1, -0.05) is 38.3 Å². The highest BCUT2D eigenvalue weighted by Crippen LogP contribution is 2.22. The van der Waals surface area contributed by atoms with E-state index >= 15 is 0 Å². The fourth-order valence-electron chi connectivity index (χ4n) is 2.53. The number of nitrogens with one attached hydrogen (secondary N) is 3. The van der Waals surface area contributed by atoms with E-state index in [1.807, 2.05) is 19.1 Å². The van der Waals surface area contributed by atoms with Crippen LogP contribution in [-0.2, 0) is 16.6 Å². The largest absolute Gasteiger partial charge is 0.357 e. The van der Waals surface area contributed by atoms with Crippen LogP contribution >= 0.6 is 24.0 Å². The maximum Gasteiger partial charge on any atom is 0.240 e. The van der Waals surface area contributed by atoms with Crippen LogP contribution < -0.4 is 15.4 Å². The Bertz CT molecular complexity index is 673. The first-order chi connectivity index (χ1) is 12.5. The minimum atomic E-state index is -3.38. The van der Waals surface area contributed by atoms with Crippen LogP contribution in [0.2, 0.25) is 0 Å². The number of aliphatic imine (C=N–C) groups is 1. The van der Waals surface area contributed by atoms with Crippen LogP contribution in [0.4, 0.5) is 0 Å². The molecule has 1 aromatic carbocycles. The number of rotatable bonds is 11. The number of guanidine groups is 1. The summed E-state index contributed by atoms with van der Waals surface area (Å²) < 4.78 is 27.1. The number of benzene rings is 1. The molecule has 0 aliphatic heterocycles. The highest BCUT2D eigenvalue weighted by Gasteiger charge is 2.27. The van der Waals surface area contributed by atoms with Gasteiger partial charge in [-0.15, -0.1) is 24.0 Å². The van der Waals surface area contributed by atoms with Crippen LogP contribution in [0.15, 0.2) is 34.2 Å². The van der Waals surface area contributed by atoms with Crippen molar-refractivity contribution in [2.75, 3.05) is 13.1 Å². The van der Waals surface area contributed by atoms with Crippen molar-refractivity contribution in [3.63, 3.8) is 0 Å². The second-order valence-corrected chi connectivity index (χ2v) is 8.44. The van der Waals surface area contributed by atoms with Crippen LogP contribution in [0, 0.1) is 0 Å². The molecular weight excluding hydrogens is 475 g/mol. The standard InChI is InChI=1S/C19H32N4O2S.HI/c1-3-5-6-7-14-21-19(20-4-2)22-15-16-8-12-18(13-9-16)26(24,25)23-17-10-11-17;/h8-9,12-13,17,23H,3-7,10-11,14-15H2,1-2H3,(H2,20,21,22);1H. The van der Waals surface area contributed by atoms with E-state index in [2.05, 4.69) is 27.3 Å². The van der Waals surface area contributed by atoms with Crippen LogP contribution in [0.5, 0.6) is 0 Å². The second-order valence-electron chi connectivity index (χ2n) is 6.72. The Morgan fingerprint density at radius 3 is 2.37 bits per heavy atom. The van der Waals surface area contributed by atoms with Crippen molar-refractivity contribution in [1.82, 2.24) is 15.4 Å². The molecule has 0 spiro atoms. The van der Waals surface area contributed by atoms with E-state index in [1.54, 1.807) is 12.1 Å². The zero-order valence-electron chi connectivity index (χ0n) is 16.3. The summed E-state index contributed by atoms with van der Waals surface area (Å²) in [5, 5.41) is 6.59. The van der Waals surface area contributed by atoms with Crippen LogP contribution in [0.25, 0.3) is 0 Å². The summed E-state index contributed by atoms with van der Waals surface area (Å²) in [5.41, 5.74) is 0.985. The Kier molecular flexibility index (Phi) is 11.2. The Labute approximate surface area is 181 Å². The summed E-state index contributed by atoms with van der Waals surface area (Å²) in [6, 6.07) is 7.09. The summed E-state index contributed by atoms with van der Waals surface area (Å²) in [4.78, 5) is 4.90. The topological polar surface area (TPSA) is 82.6 Å². The molecule has 154 valence electrons. The molecule has 2 rings (SSSR count). The van der Waals surface area contributed by atoms with E-state index in [1.165, 1.54) is 19.3 Å². The first-order valence-corrected chi connectivity index (χ1v) is 11.2. The predicted octanol–water partition coefficient (Wildman–Crippen LogP) is 3.38. The lowest BCUT2D eigenvalue weighted by Gasteiger charge is -2.11. The van der Waals surface area contributed by atoms with Gasteiger partial charge in [0.25, 0.3) is 0 Å². The number of hydrogen-bond donors (Lipinski definition) is 3. The van der Waals surface area contributed by atoms with Gasteiger partial charge < -0.3 is 10.6 Å². The molecule has 0 atom stereocenters. The zero-order valence-corrected chi connectivity index (χ0v) is 19.5. The van der Waals surface area contributed by atoms with E-state index in [-0.39, 0.29) is 30.0 Å². The third kappa shape index (κ3) is 9.25. The summed E-state index contributed by atoms with van der Waals surface area (Å²) >= 11 is 0. The smallest absolute Gasteiger partial charge is 0.240 e. The van der Waals surface area contributed by atoms with E-state index in [9.17, 15) is 8.42 Å². The minimum absolute atomic E-state index is 0. The van der Waals surface area contributed by atoms with Crippen LogP contribution in [-0.4, -0.2) is 33.5 Å². The van der Waals surface area contributed by atoms with Gasteiger partial charge in [-0.3, -0.25) is 0 Å². The van der Waals surface area contributed by atoms with Crippen LogP contribution in [0.1, 0.15) is 57.9 Å². The normalized spacial score (nSPS) is 14.5. The molecule has 0 unspecified atom stereocenters. The molecule has 0 heterocycles.